The lowest BCUT2D eigenvalue weighted by Gasteiger charge is -2.13. The Hall–Kier alpha value is -2.67. The van der Waals surface area contributed by atoms with Gasteiger partial charge >= 0.3 is 6.09 Å². The molecule has 0 spiro atoms. The predicted octanol–water partition coefficient (Wildman–Crippen LogP) is 4.03. The Balaban J connectivity index is 1.54. The second-order valence-electron chi connectivity index (χ2n) is 6.67. The van der Waals surface area contributed by atoms with Gasteiger partial charge in [0.05, 0.1) is 18.0 Å². The highest BCUT2D eigenvalue weighted by molar-refractivity contribution is 9.10. The summed E-state index contributed by atoms with van der Waals surface area (Å²) in [5.74, 6) is 5.35. The molecule has 2 aromatic carbocycles. The summed E-state index contributed by atoms with van der Waals surface area (Å²) in [4.78, 5) is 16.8. The summed E-state index contributed by atoms with van der Waals surface area (Å²) in [6, 6.07) is 17.6. The molecule has 0 saturated heterocycles. The summed E-state index contributed by atoms with van der Waals surface area (Å²) in [6.07, 6.45) is 3.69. The summed E-state index contributed by atoms with van der Waals surface area (Å²) in [6.45, 7) is 0.266. The number of hydrazone groups is 1. The monoisotopic (exact) mass is 442 g/mol. The van der Waals surface area contributed by atoms with Crippen LogP contribution < -0.4 is 11.2 Å². The molecule has 1 fully saturated rings. The van der Waals surface area contributed by atoms with Gasteiger partial charge in [-0.1, -0.05) is 58.4 Å². The van der Waals surface area contributed by atoms with Gasteiger partial charge in [0.2, 0.25) is 0 Å². The Kier molecular flexibility index (Phi) is 7.19. The van der Waals surface area contributed by atoms with E-state index in [1.165, 1.54) is 0 Å². The molecule has 0 aromatic heterocycles. The van der Waals surface area contributed by atoms with Crippen LogP contribution in [0.4, 0.5) is 4.79 Å². The SMILES string of the molecule is NN=CC(=N[C@@H]1CC[C@H](NC(=O)OCc2ccccc2)C1)c1ccc(Br)cc1. The highest BCUT2D eigenvalue weighted by atomic mass is 79.9. The molecule has 1 saturated carbocycles. The number of halogens is 1. The lowest BCUT2D eigenvalue weighted by Crippen LogP contribution is -2.33. The van der Waals surface area contributed by atoms with Crippen LogP contribution in [0.1, 0.15) is 30.4 Å². The molecule has 0 radical (unpaired) electrons. The van der Waals surface area contributed by atoms with Gasteiger partial charge in [-0.05, 0) is 37.0 Å². The van der Waals surface area contributed by atoms with Crippen LogP contribution in [0.3, 0.4) is 0 Å². The minimum atomic E-state index is -0.393. The van der Waals surface area contributed by atoms with Crippen molar-refractivity contribution in [3.63, 3.8) is 0 Å². The van der Waals surface area contributed by atoms with E-state index in [1.807, 2.05) is 54.6 Å². The number of nitrogens with two attached hydrogens (primary N) is 1. The van der Waals surface area contributed by atoms with Gasteiger partial charge in [-0.3, -0.25) is 4.99 Å². The van der Waals surface area contributed by atoms with E-state index in [-0.39, 0.29) is 18.7 Å². The third-order valence-electron chi connectivity index (χ3n) is 4.60. The van der Waals surface area contributed by atoms with Crippen molar-refractivity contribution in [3.05, 3.63) is 70.2 Å². The highest BCUT2D eigenvalue weighted by Gasteiger charge is 2.26. The maximum absolute atomic E-state index is 12.0. The number of nitrogens with one attached hydrogen (secondary N) is 1. The molecule has 3 N–H and O–H groups in total. The van der Waals surface area contributed by atoms with Crippen LogP contribution in [-0.2, 0) is 11.3 Å². The minimum Gasteiger partial charge on any atom is -0.445 e. The van der Waals surface area contributed by atoms with Crippen molar-refractivity contribution >= 4 is 33.9 Å². The van der Waals surface area contributed by atoms with Gasteiger partial charge in [0.15, 0.2) is 0 Å². The van der Waals surface area contributed by atoms with Crippen molar-refractivity contribution in [2.24, 2.45) is 15.9 Å². The summed E-state index contributed by atoms with van der Waals surface area (Å²) >= 11 is 3.43. The molecule has 1 amide bonds. The average Bonchev–Trinajstić information content (AvgIpc) is 3.14. The normalized spacial score (nSPS) is 19.7. The summed E-state index contributed by atoms with van der Waals surface area (Å²) < 4.78 is 6.30. The first-order valence-electron chi connectivity index (χ1n) is 9.18. The van der Waals surface area contributed by atoms with Crippen molar-refractivity contribution in [3.8, 4) is 0 Å². The lowest BCUT2D eigenvalue weighted by atomic mass is 10.1. The smallest absolute Gasteiger partial charge is 0.407 e. The molecule has 1 aliphatic rings. The Bertz CT molecular complexity index is 837. The summed E-state index contributed by atoms with van der Waals surface area (Å²) in [5.41, 5.74) is 2.66. The van der Waals surface area contributed by atoms with E-state index in [0.717, 1.165) is 40.6 Å². The van der Waals surface area contributed by atoms with Crippen molar-refractivity contribution in [2.75, 3.05) is 0 Å². The molecule has 2 atom stereocenters. The fraction of sp³-hybridized carbons (Fsp3) is 0.286. The largest absolute Gasteiger partial charge is 0.445 e. The average molecular weight is 443 g/mol. The Morgan fingerprint density at radius 3 is 2.64 bits per heavy atom. The fourth-order valence-electron chi connectivity index (χ4n) is 3.21. The van der Waals surface area contributed by atoms with E-state index in [2.05, 4.69) is 26.3 Å². The van der Waals surface area contributed by atoms with Gasteiger partial charge < -0.3 is 15.9 Å². The van der Waals surface area contributed by atoms with Crippen molar-refractivity contribution < 1.29 is 9.53 Å². The van der Waals surface area contributed by atoms with Crippen LogP contribution in [0, 0.1) is 0 Å². The maximum Gasteiger partial charge on any atom is 0.407 e. The van der Waals surface area contributed by atoms with Gasteiger partial charge in [-0.2, -0.15) is 5.10 Å². The molecule has 0 bridgehead atoms. The number of aliphatic imine (C=N–C) groups is 1. The van der Waals surface area contributed by atoms with Gasteiger partial charge in [0.25, 0.3) is 0 Å². The maximum atomic E-state index is 12.0. The molecule has 2 aromatic rings. The zero-order chi connectivity index (χ0) is 19.8. The van der Waals surface area contributed by atoms with Crippen molar-refractivity contribution in [1.82, 2.24) is 5.32 Å². The number of ether oxygens (including phenoxy) is 1. The number of benzene rings is 2. The first-order chi connectivity index (χ1) is 13.6. The number of nitrogens with zero attached hydrogens (tertiary/aromatic N) is 2. The first-order valence-corrected chi connectivity index (χ1v) is 9.97. The number of rotatable bonds is 6. The quantitative estimate of drug-likeness (QED) is 0.401. The van der Waals surface area contributed by atoms with Crippen LogP contribution in [0.15, 0.2) is 69.2 Å². The van der Waals surface area contributed by atoms with E-state index < -0.39 is 6.09 Å². The fourth-order valence-corrected chi connectivity index (χ4v) is 3.47. The molecule has 146 valence electrons. The molecule has 28 heavy (non-hydrogen) atoms. The third kappa shape index (κ3) is 5.92. The van der Waals surface area contributed by atoms with E-state index in [9.17, 15) is 4.79 Å². The van der Waals surface area contributed by atoms with Gasteiger partial charge in [-0.25, -0.2) is 4.79 Å². The molecular formula is C21H23BrN4O2. The predicted molar refractivity (Wildman–Crippen MR) is 115 cm³/mol. The van der Waals surface area contributed by atoms with Crippen molar-refractivity contribution in [2.45, 2.75) is 38.0 Å². The lowest BCUT2D eigenvalue weighted by molar-refractivity contribution is 0.136. The van der Waals surface area contributed by atoms with Crippen LogP contribution in [0.25, 0.3) is 0 Å². The van der Waals surface area contributed by atoms with E-state index in [1.54, 1.807) is 6.21 Å². The van der Waals surface area contributed by atoms with Gasteiger partial charge in [0.1, 0.15) is 6.61 Å². The van der Waals surface area contributed by atoms with Crippen LogP contribution in [-0.4, -0.2) is 30.1 Å². The first kappa shape index (κ1) is 20.1. The number of hydrogen-bond acceptors (Lipinski definition) is 5. The summed E-state index contributed by atoms with van der Waals surface area (Å²) in [7, 11) is 0. The number of amides is 1. The minimum absolute atomic E-state index is 0.0537. The van der Waals surface area contributed by atoms with Crippen molar-refractivity contribution in [1.29, 1.82) is 0 Å². The Morgan fingerprint density at radius 2 is 1.93 bits per heavy atom. The topological polar surface area (TPSA) is 89.1 Å². The zero-order valence-corrected chi connectivity index (χ0v) is 17.0. The van der Waals surface area contributed by atoms with Gasteiger partial charge in [0, 0.05) is 16.1 Å². The van der Waals surface area contributed by atoms with Crippen LogP contribution in [0.5, 0.6) is 0 Å². The molecular weight excluding hydrogens is 420 g/mol. The molecule has 7 heteroatoms. The number of alkyl carbamates (subject to hydrolysis) is 1. The van der Waals surface area contributed by atoms with Crippen LogP contribution >= 0.6 is 15.9 Å². The molecule has 0 unspecified atom stereocenters. The van der Waals surface area contributed by atoms with E-state index in [0.29, 0.717) is 0 Å². The van der Waals surface area contributed by atoms with E-state index in [4.69, 9.17) is 15.6 Å². The Morgan fingerprint density at radius 1 is 1.18 bits per heavy atom. The summed E-state index contributed by atoms with van der Waals surface area (Å²) in [5, 5.41) is 6.58. The second kappa shape index (κ2) is 10.0. The molecule has 1 aliphatic carbocycles. The highest BCUT2D eigenvalue weighted by Crippen LogP contribution is 2.23. The number of hydrogen-bond donors (Lipinski definition) is 2. The number of carbonyl (C=O) groups excluding carboxylic acids is 1. The molecule has 0 heterocycles. The molecule has 0 aliphatic heterocycles. The number of carbonyl (C=O) groups is 1. The third-order valence-corrected chi connectivity index (χ3v) is 5.13. The van der Waals surface area contributed by atoms with E-state index >= 15 is 0 Å². The second-order valence-corrected chi connectivity index (χ2v) is 7.58. The Labute approximate surface area is 173 Å². The van der Waals surface area contributed by atoms with Crippen LogP contribution in [0.2, 0.25) is 0 Å². The zero-order valence-electron chi connectivity index (χ0n) is 15.4. The molecule has 3 rings (SSSR count). The molecule has 6 nitrogen and oxygen atoms in total. The van der Waals surface area contributed by atoms with Gasteiger partial charge in [-0.15, -0.1) is 0 Å². The standard InChI is InChI=1S/C21H23BrN4O2/c22-17-8-6-16(7-9-17)20(13-24-23)25-18-10-11-19(12-18)26-21(27)28-14-15-4-2-1-3-5-15/h1-9,13,18-19H,10-12,14,23H2,(H,26,27)/t18-,19+/m1/s1.